The number of benzene rings is 1. The van der Waals surface area contributed by atoms with Gasteiger partial charge in [-0.05, 0) is 37.3 Å². The highest BCUT2D eigenvalue weighted by Gasteiger charge is 2.32. The largest absolute Gasteiger partial charge is 0.345 e. The summed E-state index contributed by atoms with van der Waals surface area (Å²) in [7, 11) is 0. The number of carbonyl (C=O) groups is 1. The molecule has 1 aliphatic rings. The van der Waals surface area contributed by atoms with Crippen LogP contribution in [-0.2, 0) is 6.42 Å². The number of aryl methyl sites for hydroxylation is 1. The van der Waals surface area contributed by atoms with Crippen molar-refractivity contribution in [1.29, 1.82) is 0 Å². The fourth-order valence-corrected chi connectivity index (χ4v) is 2.96. The first-order valence-electron chi connectivity index (χ1n) is 8.35. The molecular weight excluding hydrogens is 361 g/mol. The van der Waals surface area contributed by atoms with Crippen molar-refractivity contribution in [1.82, 2.24) is 20.1 Å². The zero-order valence-electron chi connectivity index (χ0n) is 14.1. The molecule has 1 amide bonds. The van der Waals surface area contributed by atoms with Crippen molar-refractivity contribution in [2.24, 2.45) is 11.7 Å². The van der Waals surface area contributed by atoms with Crippen molar-refractivity contribution in [3.05, 3.63) is 40.9 Å². The second-order valence-corrected chi connectivity index (χ2v) is 6.53. The van der Waals surface area contributed by atoms with E-state index in [0.717, 1.165) is 30.8 Å². The van der Waals surface area contributed by atoms with E-state index in [1.165, 1.54) is 0 Å². The van der Waals surface area contributed by atoms with Crippen molar-refractivity contribution < 1.29 is 4.79 Å². The Kier molecular flexibility index (Phi) is 6.81. The molecule has 0 aliphatic heterocycles. The number of nitrogens with two attached hydrogens (primary N) is 1. The molecule has 8 heteroatoms. The van der Waals surface area contributed by atoms with Crippen LogP contribution in [0, 0.1) is 5.92 Å². The predicted octanol–water partition coefficient (Wildman–Crippen LogP) is 2.76. The van der Waals surface area contributed by atoms with Gasteiger partial charge in [0.2, 0.25) is 5.82 Å². The normalized spacial score (nSPS) is 14.7. The van der Waals surface area contributed by atoms with Crippen molar-refractivity contribution in [3.63, 3.8) is 0 Å². The van der Waals surface area contributed by atoms with Crippen LogP contribution in [0.25, 0.3) is 5.69 Å². The molecule has 1 saturated carbocycles. The Labute approximate surface area is 158 Å². The van der Waals surface area contributed by atoms with Gasteiger partial charge in [-0.2, -0.15) is 0 Å². The first-order valence-corrected chi connectivity index (χ1v) is 8.73. The summed E-state index contributed by atoms with van der Waals surface area (Å²) in [4.78, 5) is 16.9. The van der Waals surface area contributed by atoms with Crippen LogP contribution in [0.3, 0.4) is 0 Å². The zero-order chi connectivity index (χ0) is 17.1. The highest BCUT2D eigenvalue weighted by atomic mass is 35.5. The number of carbonyl (C=O) groups excluding carboxylic acids is 1. The SMILES string of the molecule is CCCc1nc(C(=O)NC(CN)C2CC2)nn1-c1ccccc1Cl.Cl. The summed E-state index contributed by atoms with van der Waals surface area (Å²) in [6.07, 6.45) is 3.85. The van der Waals surface area contributed by atoms with Crippen LogP contribution in [0.5, 0.6) is 0 Å². The van der Waals surface area contributed by atoms with E-state index < -0.39 is 0 Å². The molecule has 1 atom stereocenters. The molecule has 136 valence electrons. The van der Waals surface area contributed by atoms with Crippen molar-refractivity contribution in [2.45, 2.75) is 38.6 Å². The average Bonchev–Trinajstić information content (AvgIpc) is 3.34. The molecule has 0 radical (unpaired) electrons. The lowest BCUT2D eigenvalue weighted by Gasteiger charge is -2.14. The standard InChI is InChI=1S/C17H22ClN5O.ClH/c1-2-5-15-21-16(17(24)20-13(10-19)11-8-9-11)22-23(15)14-7-4-3-6-12(14)18;/h3-4,6-7,11,13H,2,5,8-10,19H2,1H3,(H,20,24);1H. The Bertz CT molecular complexity index is 730. The summed E-state index contributed by atoms with van der Waals surface area (Å²) in [6.45, 7) is 2.49. The molecular formula is C17H23Cl2N5O. The number of para-hydroxylation sites is 1. The van der Waals surface area contributed by atoms with E-state index in [9.17, 15) is 4.79 Å². The van der Waals surface area contributed by atoms with Crippen LogP contribution in [0.15, 0.2) is 24.3 Å². The zero-order valence-corrected chi connectivity index (χ0v) is 15.7. The van der Waals surface area contributed by atoms with Gasteiger partial charge in [0, 0.05) is 19.0 Å². The smallest absolute Gasteiger partial charge is 0.291 e. The quantitative estimate of drug-likeness (QED) is 0.769. The summed E-state index contributed by atoms with van der Waals surface area (Å²) in [5.41, 5.74) is 6.48. The third-order valence-electron chi connectivity index (χ3n) is 4.19. The molecule has 3 rings (SSSR count). The molecule has 25 heavy (non-hydrogen) atoms. The minimum Gasteiger partial charge on any atom is -0.345 e. The summed E-state index contributed by atoms with van der Waals surface area (Å²) in [5.74, 6) is 1.10. The minimum absolute atomic E-state index is 0. The number of nitrogens with one attached hydrogen (secondary N) is 1. The van der Waals surface area contributed by atoms with E-state index in [-0.39, 0.29) is 30.2 Å². The lowest BCUT2D eigenvalue weighted by atomic mass is 10.2. The minimum atomic E-state index is -0.277. The summed E-state index contributed by atoms with van der Waals surface area (Å²) < 4.78 is 1.66. The third-order valence-corrected chi connectivity index (χ3v) is 4.51. The van der Waals surface area contributed by atoms with E-state index in [1.54, 1.807) is 10.7 Å². The summed E-state index contributed by atoms with van der Waals surface area (Å²) in [6, 6.07) is 7.41. The average molecular weight is 384 g/mol. The number of aromatic nitrogens is 3. The number of rotatable bonds is 7. The monoisotopic (exact) mass is 383 g/mol. The van der Waals surface area contributed by atoms with Gasteiger partial charge in [-0.1, -0.05) is 30.7 Å². The Balaban J connectivity index is 0.00000225. The maximum Gasteiger partial charge on any atom is 0.291 e. The van der Waals surface area contributed by atoms with Gasteiger partial charge < -0.3 is 11.1 Å². The van der Waals surface area contributed by atoms with Crippen molar-refractivity contribution in [3.8, 4) is 5.69 Å². The molecule has 1 fully saturated rings. The lowest BCUT2D eigenvalue weighted by molar-refractivity contribution is 0.0923. The molecule has 1 aromatic carbocycles. The molecule has 3 N–H and O–H groups in total. The van der Waals surface area contributed by atoms with Crippen LogP contribution < -0.4 is 11.1 Å². The van der Waals surface area contributed by atoms with E-state index in [1.807, 2.05) is 18.2 Å². The molecule has 1 aromatic heterocycles. The van der Waals surface area contributed by atoms with Gasteiger partial charge >= 0.3 is 0 Å². The maximum atomic E-state index is 12.5. The van der Waals surface area contributed by atoms with Crippen LogP contribution in [0.4, 0.5) is 0 Å². The lowest BCUT2D eigenvalue weighted by Crippen LogP contribution is -2.42. The predicted molar refractivity (Wildman–Crippen MR) is 101 cm³/mol. The molecule has 1 unspecified atom stereocenters. The van der Waals surface area contributed by atoms with Crippen LogP contribution in [-0.4, -0.2) is 33.3 Å². The van der Waals surface area contributed by atoms with Crippen molar-refractivity contribution in [2.75, 3.05) is 6.54 Å². The number of hydrogen-bond donors (Lipinski definition) is 2. The fraction of sp³-hybridized carbons (Fsp3) is 0.471. The summed E-state index contributed by atoms with van der Waals surface area (Å²) in [5, 5.41) is 7.93. The van der Waals surface area contributed by atoms with Gasteiger partial charge in [0.1, 0.15) is 5.82 Å². The Hall–Kier alpha value is -1.63. The van der Waals surface area contributed by atoms with Gasteiger partial charge in [0.05, 0.1) is 10.7 Å². The molecule has 1 heterocycles. The molecule has 0 spiro atoms. The molecule has 2 aromatic rings. The number of nitrogens with zero attached hydrogens (tertiary/aromatic N) is 3. The molecule has 1 aliphatic carbocycles. The highest BCUT2D eigenvalue weighted by Crippen LogP contribution is 2.32. The van der Waals surface area contributed by atoms with E-state index >= 15 is 0 Å². The molecule has 0 bridgehead atoms. The van der Waals surface area contributed by atoms with E-state index in [4.69, 9.17) is 17.3 Å². The van der Waals surface area contributed by atoms with Gasteiger partial charge in [0.15, 0.2) is 0 Å². The first-order chi connectivity index (χ1) is 11.6. The second-order valence-electron chi connectivity index (χ2n) is 6.12. The number of hydrogen-bond acceptors (Lipinski definition) is 4. The number of amides is 1. The van der Waals surface area contributed by atoms with Crippen molar-refractivity contribution >= 4 is 29.9 Å². The Morgan fingerprint density at radius 3 is 2.76 bits per heavy atom. The van der Waals surface area contributed by atoms with Crippen LogP contribution in [0.2, 0.25) is 5.02 Å². The second kappa shape index (κ2) is 8.65. The van der Waals surface area contributed by atoms with E-state index in [2.05, 4.69) is 22.3 Å². The maximum absolute atomic E-state index is 12.5. The highest BCUT2D eigenvalue weighted by molar-refractivity contribution is 6.32. The van der Waals surface area contributed by atoms with Gasteiger partial charge in [0.25, 0.3) is 5.91 Å². The number of halogens is 2. The summed E-state index contributed by atoms with van der Waals surface area (Å²) >= 11 is 6.27. The molecule has 6 nitrogen and oxygen atoms in total. The van der Waals surface area contributed by atoms with Gasteiger partial charge in [-0.15, -0.1) is 17.5 Å². The van der Waals surface area contributed by atoms with Gasteiger partial charge in [-0.25, -0.2) is 9.67 Å². The first kappa shape index (κ1) is 19.7. The Morgan fingerprint density at radius 1 is 1.44 bits per heavy atom. The third kappa shape index (κ3) is 4.51. The Morgan fingerprint density at radius 2 is 2.16 bits per heavy atom. The van der Waals surface area contributed by atoms with Crippen LogP contribution >= 0.6 is 24.0 Å². The van der Waals surface area contributed by atoms with Gasteiger partial charge in [-0.3, -0.25) is 4.79 Å². The fourth-order valence-electron chi connectivity index (χ4n) is 2.74. The van der Waals surface area contributed by atoms with Crippen LogP contribution in [0.1, 0.15) is 42.6 Å². The molecule has 0 saturated heterocycles. The topological polar surface area (TPSA) is 85.8 Å². The van der Waals surface area contributed by atoms with E-state index in [0.29, 0.717) is 23.9 Å².